The summed E-state index contributed by atoms with van der Waals surface area (Å²) in [6.45, 7) is 8.45. The number of nitrogens with one attached hydrogen (secondary N) is 1. The first-order valence-corrected chi connectivity index (χ1v) is 11.9. The number of barbiturate groups is 1. The molecule has 4 rings (SSSR count). The number of fused-ring (bicyclic) bond motifs is 1. The highest BCUT2D eigenvalue weighted by molar-refractivity contribution is 6.30. The van der Waals surface area contributed by atoms with Gasteiger partial charge in [0.2, 0.25) is 5.91 Å². The average Bonchev–Trinajstić information content (AvgIpc) is 2.82. The summed E-state index contributed by atoms with van der Waals surface area (Å²) in [6, 6.07) is 9.56. The Bertz CT molecular complexity index is 1230. The van der Waals surface area contributed by atoms with Crippen LogP contribution in [0.4, 0.5) is 21.9 Å². The topological polar surface area (TPSA) is 122 Å². The van der Waals surface area contributed by atoms with Gasteiger partial charge in [0.05, 0.1) is 23.8 Å². The summed E-state index contributed by atoms with van der Waals surface area (Å²) < 4.78 is 5.19. The quantitative estimate of drug-likeness (QED) is 0.367. The summed E-state index contributed by atoms with van der Waals surface area (Å²) in [5, 5.41) is 13.9. The number of anilines is 2. The lowest BCUT2D eigenvalue weighted by atomic mass is 9.65. The van der Waals surface area contributed by atoms with Crippen LogP contribution in [0.25, 0.3) is 0 Å². The van der Waals surface area contributed by atoms with E-state index in [2.05, 4.69) is 5.32 Å². The van der Waals surface area contributed by atoms with Gasteiger partial charge in [-0.1, -0.05) is 27.7 Å². The van der Waals surface area contributed by atoms with E-state index in [1.54, 1.807) is 30.3 Å². The zero-order valence-corrected chi connectivity index (χ0v) is 21.0. The minimum atomic E-state index is -1.67. The van der Waals surface area contributed by atoms with Crippen LogP contribution < -0.4 is 19.9 Å². The lowest BCUT2D eigenvalue weighted by molar-refractivity contribution is -0.384. The normalized spacial score (nSPS) is 21.8. The van der Waals surface area contributed by atoms with Crippen LogP contribution >= 0.6 is 0 Å². The van der Waals surface area contributed by atoms with Crippen molar-refractivity contribution in [2.75, 3.05) is 23.5 Å². The summed E-state index contributed by atoms with van der Waals surface area (Å²) in [6.07, 6.45) is -0.0634. The first-order chi connectivity index (χ1) is 17.0. The molecule has 2 aliphatic rings. The highest BCUT2D eigenvalue weighted by atomic mass is 16.6. The third-order valence-corrected chi connectivity index (χ3v) is 6.83. The van der Waals surface area contributed by atoms with Gasteiger partial charge in [-0.15, -0.1) is 0 Å². The fourth-order valence-corrected chi connectivity index (χ4v) is 5.50. The van der Waals surface area contributed by atoms with Crippen molar-refractivity contribution in [3.05, 3.63) is 58.1 Å². The number of nitro groups is 1. The van der Waals surface area contributed by atoms with Gasteiger partial charge in [-0.3, -0.25) is 25.0 Å². The highest BCUT2D eigenvalue weighted by Crippen LogP contribution is 2.48. The number of benzene rings is 2. The molecule has 0 radical (unpaired) electrons. The molecule has 0 bridgehead atoms. The number of rotatable bonds is 6. The number of ether oxygens (including phenoxy) is 1. The minimum Gasteiger partial charge on any atom is -0.497 e. The number of hydrogen-bond donors (Lipinski definition) is 1. The van der Waals surface area contributed by atoms with Gasteiger partial charge in [-0.25, -0.2) is 9.69 Å². The van der Waals surface area contributed by atoms with E-state index in [1.807, 2.05) is 32.6 Å². The first-order valence-electron chi connectivity index (χ1n) is 11.9. The molecule has 2 atom stereocenters. The van der Waals surface area contributed by atoms with Crippen LogP contribution in [0.15, 0.2) is 42.5 Å². The lowest BCUT2D eigenvalue weighted by Gasteiger charge is -2.53. The molecule has 0 aliphatic carbocycles. The van der Waals surface area contributed by atoms with Crippen LogP contribution in [-0.4, -0.2) is 42.5 Å². The number of hydrogen-bond acceptors (Lipinski definition) is 7. The maximum absolute atomic E-state index is 14.3. The Balaban J connectivity index is 1.93. The monoisotopic (exact) mass is 494 g/mol. The van der Waals surface area contributed by atoms with E-state index in [9.17, 15) is 24.5 Å². The Labute approximate surface area is 209 Å². The molecule has 2 heterocycles. The summed E-state index contributed by atoms with van der Waals surface area (Å²) in [5.41, 5.74) is -0.212. The van der Waals surface area contributed by atoms with Crippen molar-refractivity contribution < 1.29 is 24.0 Å². The van der Waals surface area contributed by atoms with Crippen LogP contribution in [0, 0.1) is 27.4 Å². The van der Waals surface area contributed by atoms with E-state index < -0.39 is 34.2 Å². The summed E-state index contributed by atoms with van der Waals surface area (Å²) in [5.74, 6) is -0.771. The van der Waals surface area contributed by atoms with Crippen LogP contribution in [0.2, 0.25) is 0 Å². The first kappa shape index (κ1) is 25.2. The molecule has 190 valence electrons. The van der Waals surface area contributed by atoms with Crippen molar-refractivity contribution >= 4 is 34.9 Å². The molecule has 2 aromatic rings. The molecule has 2 aromatic carbocycles. The van der Waals surface area contributed by atoms with Crippen LogP contribution in [0.3, 0.4) is 0 Å². The van der Waals surface area contributed by atoms with Gasteiger partial charge in [0, 0.05) is 30.8 Å². The maximum atomic E-state index is 14.3. The zero-order chi connectivity index (χ0) is 26.4. The number of carbonyl (C=O) groups excluding carboxylic acids is 3. The van der Waals surface area contributed by atoms with Gasteiger partial charge in [0.25, 0.3) is 11.6 Å². The number of nitro benzene ring substituents is 1. The SMILES string of the molecule is COc1ccc(N2C(=O)NC(=O)[C@@]3(Cc4cc([N+](=O)[O-])ccc4N(CC(C)C)[C@H]3C(C)C)C2=O)cc1. The van der Waals surface area contributed by atoms with Crippen molar-refractivity contribution in [1.82, 2.24) is 5.32 Å². The molecule has 1 fully saturated rings. The number of carbonyl (C=O) groups is 3. The number of amides is 4. The second kappa shape index (κ2) is 9.25. The Kier molecular flexibility index (Phi) is 6.46. The molecule has 4 amide bonds. The lowest BCUT2D eigenvalue weighted by Crippen LogP contribution is -2.73. The van der Waals surface area contributed by atoms with Gasteiger partial charge < -0.3 is 9.64 Å². The molecule has 10 heteroatoms. The predicted molar refractivity (Wildman–Crippen MR) is 134 cm³/mol. The largest absolute Gasteiger partial charge is 0.497 e. The fraction of sp³-hybridized carbons (Fsp3) is 0.423. The van der Waals surface area contributed by atoms with Crippen molar-refractivity contribution in [2.24, 2.45) is 17.3 Å². The Morgan fingerprint density at radius 1 is 1.11 bits per heavy atom. The fourth-order valence-electron chi connectivity index (χ4n) is 5.50. The molecule has 1 N–H and O–H groups in total. The third-order valence-electron chi connectivity index (χ3n) is 6.83. The minimum absolute atomic E-state index is 0.0634. The van der Waals surface area contributed by atoms with E-state index in [4.69, 9.17) is 4.74 Å². The van der Waals surface area contributed by atoms with Gasteiger partial charge in [-0.2, -0.15) is 0 Å². The average molecular weight is 495 g/mol. The van der Waals surface area contributed by atoms with E-state index in [0.29, 0.717) is 23.5 Å². The summed E-state index contributed by atoms with van der Waals surface area (Å²) >= 11 is 0. The van der Waals surface area contributed by atoms with E-state index in [-0.39, 0.29) is 23.9 Å². The maximum Gasteiger partial charge on any atom is 0.335 e. The zero-order valence-electron chi connectivity index (χ0n) is 21.0. The molecular weight excluding hydrogens is 464 g/mol. The number of urea groups is 1. The Morgan fingerprint density at radius 2 is 1.78 bits per heavy atom. The van der Waals surface area contributed by atoms with Gasteiger partial charge >= 0.3 is 6.03 Å². The molecule has 1 spiro atoms. The van der Waals surface area contributed by atoms with E-state index in [1.165, 1.54) is 19.2 Å². The molecule has 0 aromatic heterocycles. The number of imide groups is 2. The van der Waals surface area contributed by atoms with E-state index >= 15 is 0 Å². The molecule has 2 aliphatic heterocycles. The molecule has 10 nitrogen and oxygen atoms in total. The van der Waals surface area contributed by atoms with Crippen molar-refractivity contribution in [1.29, 1.82) is 0 Å². The van der Waals surface area contributed by atoms with Gasteiger partial charge in [-0.05, 0) is 47.7 Å². The molecule has 36 heavy (non-hydrogen) atoms. The standard InChI is InChI=1S/C26H30N4O6/c1-15(2)14-28-21-11-8-19(30(34)35)12-17(21)13-26(22(28)16(3)4)23(31)27-25(33)29(24(26)32)18-6-9-20(36-5)10-7-18/h6-12,15-16,22H,13-14H2,1-5H3,(H,27,31,33)/t22-,26-/m0/s1. The third kappa shape index (κ3) is 3.96. The van der Waals surface area contributed by atoms with E-state index in [0.717, 1.165) is 10.6 Å². The van der Waals surface area contributed by atoms with Crippen LogP contribution in [-0.2, 0) is 16.0 Å². The molecule has 1 saturated heterocycles. The smallest absolute Gasteiger partial charge is 0.335 e. The highest BCUT2D eigenvalue weighted by Gasteiger charge is 2.63. The number of nitrogens with zero attached hydrogens (tertiary/aromatic N) is 3. The van der Waals surface area contributed by atoms with Crippen LogP contribution in [0.1, 0.15) is 33.3 Å². The second-order valence-corrected chi connectivity index (χ2v) is 10.1. The Hall–Kier alpha value is -3.95. The second-order valence-electron chi connectivity index (χ2n) is 10.1. The van der Waals surface area contributed by atoms with Crippen LogP contribution in [0.5, 0.6) is 5.75 Å². The molecular formula is C26H30N4O6. The number of methoxy groups -OCH3 is 1. The molecule has 0 saturated carbocycles. The van der Waals surface area contributed by atoms with Crippen molar-refractivity contribution in [3.8, 4) is 5.75 Å². The van der Waals surface area contributed by atoms with Crippen molar-refractivity contribution in [2.45, 2.75) is 40.2 Å². The number of non-ortho nitro benzene ring substituents is 1. The molecule has 0 unspecified atom stereocenters. The summed E-state index contributed by atoms with van der Waals surface area (Å²) in [7, 11) is 1.51. The predicted octanol–water partition coefficient (Wildman–Crippen LogP) is 3.92. The van der Waals surface area contributed by atoms with Gasteiger partial charge in [0.15, 0.2) is 5.41 Å². The summed E-state index contributed by atoms with van der Waals surface area (Å²) in [4.78, 5) is 55.0. The van der Waals surface area contributed by atoms with Gasteiger partial charge in [0.1, 0.15) is 5.75 Å². The Morgan fingerprint density at radius 3 is 2.33 bits per heavy atom. The van der Waals surface area contributed by atoms with Crippen molar-refractivity contribution in [3.63, 3.8) is 0 Å².